The third-order valence-corrected chi connectivity index (χ3v) is 4.29. The molecule has 1 aromatic carbocycles. The third kappa shape index (κ3) is 2.64. The summed E-state index contributed by atoms with van der Waals surface area (Å²) in [4.78, 5) is 0. The number of rotatable bonds is 2. The van der Waals surface area contributed by atoms with Gasteiger partial charge in [-0.25, -0.2) is 0 Å². The molecule has 1 heterocycles. The van der Waals surface area contributed by atoms with Gasteiger partial charge in [0.25, 0.3) is 0 Å². The van der Waals surface area contributed by atoms with Crippen molar-refractivity contribution in [2.45, 2.75) is 58.4 Å². The molecule has 0 amide bonds. The molecule has 2 rings (SSSR count). The Kier molecular flexibility index (Phi) is 3.65. The summed E-state index contributed by atoms with van der Waals surface area (Å²) in [5, 5.41) is 3.65. The summed E-state index contributed by atoms with van der Waals surface area (Å²) in [5.41, 5.74) is 4.16. The maximum Gasteiger partial charge on any atom is 0.125 e. The second-order valence-corrected chi connectivity index (χ2v) is 6.99. The van der Waals surface area contributed by atoms with Gasteiger partial charge in [0.2, 0.25) is 0 Å². The molecule has 0 aromatic heterocycles. The van der Waals surface area contributed by atoms with Crippen LogP contribution in [-0.4, -0.2) is 13.7 Å². The van der Waals surface area contributed by atoms with Gasteiger partial charge in [-0.2, -0.15) is 0 Å². The van der Waals surface area contributed by atoms with Crippen LogP contribution in [-0.2, 0) is 11.0 Å². The Morgan fingerprint density at radius 3 is 2.42 bits per heavy atom. The van der Waals surface area contributed by atoms with Gasteiger partial charge in [-0.05, 0) is 55.8 Å². The van der Waals surface area contributed by atoms with Crippen molar-refractivity contribution in [3.63, 3.8) is 0 Å². The van der Waals surface area contributed by atoms with Crippen molar-refractivity contribution in [1.29, 1.82) is 0 Å². The quantitative estimate of drug-likeness (QED) is 0.872. The number of benzene rings is 1. The SMILES string of the molecule is COc1c(C)cc(C2(C)CCCN2)cc1C(C)(C)C. The zero-order valence-electron chi connectivity index (χ0n) is 13.2. The summed E-state index contributed by atoms with van der Waals surface area (Å²) in [6, 6.07) is 4.62. The van der Waals surface area contributed by atoms with E-state index in [-0.39, 0.29) is 11.0 Å². The zero-order chi connectivity index (χ0) is 14.3. The normalized spacial score (nSPS) is 23.7. The molecule has 1 aliphatic heterocycles. The molecule has 1 fully saturated rings. The van der Waals surface area contributed by atoms with E-state index in [9.17, 15) is 0 Å². The number of methoxy groups -OCH3 is 1. The Morgan fingerprint density at radius 2 is 1.95 bits per heavy atom. The van der Waals surface area contributed by atoms with Crippen molar-refractivity contribution in [3.8, 4) is 5.75 Å². The van der Waals surface area contributed by atoms with E-state index < -0.39 is 0 Å². The first-order chi connectivity index (χ1) is 8.78. The van der Waals surface area contributed by atoms with E-state index in [0.717, 1.165) is 12.3 Å². The molecule has 2 heteroatoms. The molecule has 106 valence electrons. The molecule has 2 nitrogen and oxygen atoms in total. The van der Waals surface area contributed by atoms with E-state index >= 15 is 0 Å². The smallest absolute Gasteiger partial charge is 0.125 e. The number of hydrogen-bond acceptors (Lipinski definition) is 2. The first-order valence-electron chi connectivity index (χ1n) is 7.22. The standard InChI is InChI=1S/C17H27NO/c1-12-10-13(17(5)8-7-9-18-17)11-14(15(12)19-6)16(2,3)4/h10-11,18H,7-9H2,1-6H3. The van der Waals surface area contributed by atoms with Crippen LogP contribution in [0.2, 0.25) is 0 Å². The lowest BCUT2D eigenvalue weighted by molar-refractivity contribution is 0.390. The Bertz CT molecular complexity index is 465. The second kappa shape index (κ2) is 4.82. The van der Waals surface area contributed by atoms with Gasteiger partial charge in [-0.15, -0.1) is 0 Å². The van der Waals surface area contributed by atoms with Crippen LogP contribution in [0.25, 0.3) is 0 Å². The molecule has 19 heavy (non-hydrogen) atoms. The Morgan fingerprint density at radius 1 is 1.26 bits per heavy atom. The lowest BCUT2D eigenvalue weighted by atomic mass is 9.80. The summed E-state index contributed by atoms with van der Waals surface area (Å²) in [5.74, 6) is 1.04. The summed E-state index contributed by atoms with van der Waals surface area (Å²) in [7, 11) is 1.77. The van der Waals surface area contributed by atoms with Gasteiger partial charge in [-0.1, -0.05) is 26.8 Å². The van der Waals surface area contributed by atoms with Crippen molar-refractivity contribution >= 4 is 0 Å². The summed E-state index contributed by atoms with van der Waals surface area (Å²) < 4.78 is 5.63. The average Bonchev–Trinajstić information content (AvgIpc) is 2.75. The molecule has 1 aliphatic rings. The molecule has 1 aromatic rings. The number of ether oxygens (including phenoxy) is 1. The maximum absolute atomic E-state index is 5.63. The van der Waals surface area contributed by atoms with Crippen LogP contribution < -0.4 is 10.1 Å². The van der Waals surface area contributed by atoms with Crippen molar-refractivity contribution < 1.29 is 4.74 Å². The Labute approximate surface area is 117 Å². The molecule has 0 spiro atoms. The fourth-order valence-electron chi connectivity index (χ4n) is 3.06. The van der Waals surface area contributed by atoms with Gasteiger partial charge >= 0.3 is 0 Å². The molecule has 1 saturated heterocycles. The lowest BCUT2D eigenvalue weighted by Crippen LogP contribution is -2.33. The Balaban J connectivity index is 2.57. The average molecular weight is 261 g/mol. The van der Waals surface area contributed by atoms with Crippen LogP contribution in [0.1, 0.15) is 57.2 Å². The van der Waals surface area contributed by atoms with E-state index in [2.05, 4.69) is 52.1 Å². The highest BCUT2D eigenvalue weighted by molar-refractivity contribution is 5.49. The summed E-state index contributed by atoms with van der Waals surface area (Å²) >= 11 is 0. The van der Waals surface area contributed by atoms with Gasteiger partial charge in [0.15, 0.2) is 0 Å². The van der Waals surface area contributed by atoms with Crippen molar-refractivity contribution in [2.24, 2.45) is 0 Å². The Hall–Kier alpha value is -1.02. The highest BCUT2D eigenvalue weighted by Crippen LogP contribution is 2.39. The van der Waals surface area contributed by atoms with Gasteiger partial charge in [0, 0.05) is 11.1 Å². The minimum Gasteiger partial charge on any atom is -0.496 e. The molecule has 1 unspecified atom stereocenters. The van der Waals surface area contributed by atoms with E-state index in [0.29, 0.717) is 0 Å². The van der Waals surface area contributed by atoms with Gasteiger partial charge in [-0.3, -0.25) is 0 Å². The molecule has 1 N–H and O–H groups in total. The first-order valence-corrected chi connectivity index (χ1v) is 7.22. The van der Waals surface area contributed by atoms with Crippen molar-refractivity contribution in [2.75, 3.05) is 13.7 Å². The minimum atomic E-state index is 0.0983. The van der Waals surface area contributed by atoms with Crippen LogP contribution in [0, 0.1) is 6.92 Å². The van der Waals surface area contributed by atoms with Gasteiger partial charge in [0.1, 0.15) is 5.75 Å². The zero-order valence-corrected chi connectivity index (χ0v) is 13.2. The number of aryl methyl sites for hydroxylation is 1. The molecular formula is C17H27NO. The fraction of sp³-hybridized carbons (Fsp3) is 0.647. The second-order valence-electron chi connectivity index (χ2n) is 6.99. The highest BCUT2D eigenvalue weighted by atomic mass is 16.5. The summed E-state index contributed by atoms with van der Waals surface area (Å²) in [6.45, 7) is 12.3. The lowest BCUT2D eigenvalue weighted by Gasteiger charge is -2.30. The third-order valence-electron chi connectivity index (χ3n) is 4.29. The van der Waals surface area contributed by atoms with Crippen LogP contribution >= 0.6 is 0 Å². The number of nitrogens with one attached hydrogen (secondary N) is 1. The maximum atomic E-state index is 5.63. The molecule has 0 aliphatic carbocycles. The molecule has 0 bridgehead atoms. The highest BCUT2D eigenvalue weighted by Gasteiger charge is 2.32. The fourth-order valence-corrected chi connectivity index (χ4v) is 3.06. The van der Waals surface area contributed by atoms with Gasteiger partial charge in [0.05, 0.1) is 7.11 Å². The molecule has 1 atom stereocenters. The van der Waals surface area contributed by atoms with E-state index in [1.165, 1.54) is 29.5 Å². The van der Waals surface area contributed by atoms with Crippen molar-refractivity contribution in [1.82, 2.24) is 5.32 Å². The molecule has 0 saturated carbocycles. The molecular weight excluding hydrogens is 234 g/mol. The first kappa shape index (κ1) is 14.4. The van der Waals surface area contributed by atoms with Crippen LogP contribution in [0.15, 0.2) is 12.1 Å². The molecule has 0 radical (unpaired) electrons. The summed E-state index contributed by atoms with van der Waals surface area (Å²) in [6.07, 6.45) is 2.47. The minimum absolute atomic E-state index is 0.0983. The predicted octanol–water partition coefficient (Wildman–Crippen LogP) is 3.90. The van der Waals surface area contributed by atoms with Gasteiger partial charge < -0.3 is 10.1 Å². The van der Waals surface area contributed by atoms with Crippen LogP contribution in [0.3, 0.4) is 0 Å². The largest absolute Gasteiger partial charge is 0.496 e. The topological polar surface area (TPSA) is 21.3 Å². The van der Waals surface area contributed by atoms with E-state index in [1.54, 1.807) is 7.11 Å². The van der Waals surface area contributed by atoms with E-state index in [4.69, 9.17) is 4.74 Å². The van der Waals surface area contributed by atoms with Crippen molar-refractivity contribution in [3.05, 3.63) is 28.8 Å². The monoisotopic (exact) mass is 261 g/mol. The number of hydrogen-bond donors (Lipinski definition) is 1. The van der Waals surface area contributed by atoms with Crippen LogP contribution in [0.4, 0.5) is 0 Å². The van der Waals surface area contributed by atoms with E-state index in [1.807, 2.05) is 0 Å². The van der Waals surface area contributed by atoms with Crippen LogP contribution in [0.5, 0.6) is 5.75 Å². The predicted molar refractivity (Wildman–Crippen MR) is 81.0 cm³/mol.